The Morgan fingerprint density at radius 1 is 1.54 bits per heavy atom. The van der Waals surface area contributed by atoms with Crippen molar-refractivity contribution in [3.63, 3.8) is 0 Å². The van der Waals surface area contributed by atoms with Gasteiger partial charge >= 0.3 is 0 Å². The Kier molecular flexibility index (Phi) is 3.70. The molecule has 4 nitrogen and oxygen atoms in total. The van der Waals surface area contributed by atoms with Gasteiger partial charge in [-0.05, 0) is 25.8 Å². The fourth-order valence-electron chi connectivity index (χ4n) is 1.51. The number of nitrogens with one attached hydrogen (secondary N) is 1. The van der Waals surface area contributed by atoms with Gasteiger partial charge in [-0.2, -0.15) is 0 Å². The van der Waals surface area contributed by atoms with Gasteiger partial charge in [-0.3, -0.25) is 0 Å². The monoisotopic (exact) mass is 206 g/mol. The third kappa shape index (κ3) is 3.62. The lowest BCUT2D eigenvalue weighted by Crippen LogP contribution is -2.31. The first kappa shape index (κ1) is 10.9. The zero-order valence-electron chi connectivity index (χ0n) is 8.28. The van der Waals surface area contributed by atoms with Crippen LogP contribution < -0.4 is 5.32 Å². The maximum absolute atomic E-state index is 11.0. The first-order chi connectivity index (χ1) is 6.00. The number of nitrogens with zero attached hydrogens (tertiary/aromatic N) is 1. The molecule has 5 heteroatoms. The minimum absolute atomic E-state index is 0.518. The average Bonchev–Trinajstić information content (AvgIpc) is 2.50. The Balaban J connectivity index is 2.25. The van der Waals surface area contributed by atoms with Crippen LogP contribution in [0.2, 0.25) is 0 Å². The molecular formula is C8H18N2O2S. The number of hydrogen-bond donors (Lipinski definition) is 1. The molecule has 1 aliphatic rings. The molecule has 1 heterocycles. The Labute approximate surface area is 80.4 Å². The summed E-state index contributed by atoms with van der Waals surface area (Å²) >= 11 is 0. The molecule has 13 heavy (non-hydrogen) atoms. The molecular weight excluding hydrogens is 188 g/mol. The highest BCUT2D eigenvalue weighted by molar-refractivity contribution is 7.88. The second kappa shape index (κ2) is 4.39. The van der Waals surface area contributed by atoms with E-state index in [1.165, 1.54) is 23.4 Å². The van der Waals surface area contributed by atoms with E-state index in [0.29, 0.717) is 12.6 Å². The van der Waals surface area contributed by atoms with Gasteiger partial charge in [-0.1, -0.05) is 0 Å². The number of rotatable bonds is 4. The van der Waals surface area contributed by atoms with Crippen LogP contribution in [0.4, 0.5) is 0 Å². The summed E-state index contributed by atoms with van der Waals surface area (Å²) in [5.74, 6) is 0. The van der Waals surface area contributed by atoms with E-state index < -0.39 is 10.0 Å². The second-order valence-corrected chi connectivity index (χ2v) is 5.76. The fourth-order valence-corrected chi connectivity index (χ4v) is 1.94. The molecule has 1 atom stereocenters. The van der Waals surface area contributed by atoms with Crippen molar-refractivity contribution in [1.82, 2.24) is 9.62 Å². The molecule has 0 aromatic rings. The Morgan fingerprint density at radius 3 is 2.69 bits per heavy atom. The summed E-state index contributed by atoms with van der Waals surface area (Å²) in [4.78, 5) is 0. The van der Waals surface area contributed by atoms with Gasteiger partial charge in [0.1, 0.15) is 0 Å². The summed E-state index contributed by atoms with van der Waals surface area (Å²) in [5, 5.41) is 3.34. The fraction of sp³-hybridized carbons (Fsp3) is 1.00. The van der Waals surface area contributed by atoms with Gasteiger partial charge < -0.3 is 5.32 Å². The van der Waals surface area contributed by atoms with Crippen molar-refractivity contribution in [2.75, 3.05) is 26.4 Å². The molecule has 0 saturated carbocycles. The molecule has 1 saturated heterocycles. The highest BCUT2D eigenvalue weighted by atomic mass is 32.2. The molecule has 0 aromatic carbocycles. The molecule has 0 aliphatic carbocycles. The molecule has 0 radical (unpaired) electrons. The van der Waals surface area contributed by atoms with Crippen molar-refractivity contribution in [3.05, 3.63) is 0 Å². The van der Waals surface area contributed by atoms with Crippen molar-refractivity contribution in [2.45, 2.75) is 25.3 Å². The quantitative estimate of drug-likeness (QED) is 0.705. The Morgan fingerprint density at radius 2 is 2.23 bits per heavy atom. The first-order valence-electron chi connectivity index (χ1n) is 4.65. The smallest absolute Gasteiger partial charge is 0.210 e. The van der Waals surface area contributed by atoms with Gasteiger partial charge in [0.25, 0.3) is 0 Å². The first-order valence-corrected chi connectivity index (χ1v) is 6.49. The van der Waals surface area contributed by atoms with Gasteiger partial charge in [0.2, 0.25) is 10.0 Å². The molecule has 0 bridgehead atoms. The summed E-state index contributed by atoms with van der Waals surface area (Å²) in [6.45, 7) is 1.70. The number of hydrogen-bond acceptors (Lipinski definition) is 3. The van der Waals surface area contributed by atoms with Gasteiger partial charge in [0.05, 0.1) is 6.26 Å². The van der Waals surface area contributed by atoms with Crippen molar-refractivity contribution in [1.29, 1.82) is 0 Å². The maximum Gasteiger partial charge on any atom is 0.210 e. The van der Waals surface area contributed by atoms with E-state index in [1.54, 1.807) is 7.05 Å². The highest BCUT2D eigenvalue weighted by Gasteiger charge is 2.17. The van der Waals surface area contributed by atoms with E-state index in [4.69, 9.17) is 0 Å². The van der Waals surface area contributed by atoms with Crippen molar-refractivity contribution in [3.8, 4) is 0 Å². The van der Waals surface area contributed by atoms with Crippen molar-refractivity contribution < 1.29 is 8.42 Å². The van der Waals surface area contributed by atoms with E-state index >= 15 is 0 Å². The van der Waals surface area contributed by atoms with Gasteiger partial charge in [-0.25, -0.2) is 12.7 Å². The van der Waals surface area contributed by atoms with Crippen LogP contribution in [0.15, 0.2) is 0 Å². The van der Waals surface area contributed by atoms with E-state index in [2.05, 4.69) is 5.32 Å². The third-order valence-electron chi connectivity index (χ3n) is 2.52. The molecule has 0 spiro atoms. The van der Waals surface area contributed by atoms with E-state index in [-0.39, 0.29) is 0 Å². The van der Waals surface area contributed by atoms with E-state index in [1.807, 2.05) is 0 Å². The zero-order chi connectivity index (χ0) is 9.90. The summed E-state index contributed by atoms with van der Waals surface area (Å²) in [7, 11) is -1.36. The Hall–Kier alpha value is -0.130. The molecule has 1 N–H and O–H groups in total. The topological polar surface area (TPSA) is 49.4 Å². The highest BCUT2D eigenvalue weighted by Crippen LogP contribution is 2.09. The maximum atomic E-state index is 11.0. The molecule has 78 valence electrons. The molecule has 1 fully saturated rings. The zero-order valence-corrected chi connectivity index (χ0v) is 9.10. The molecule has 0 amide bonds. The predicted octanol–water partition coefficient (Wildman–Crippen LogP) is 0.0199. The molecule has 1 unspecified atom stereocenters. The normalized spacial score (nSPS) is 24.1. The van der Waals surface area contributed by atoms with Crippen molar-refractivity contribution >= 4 is 10.0 Å². The molecule has 0 aromatic heterocycles. The summed E-state index contributed by atoms with van der Waals surface area (Å²) in [5.41, 5.74) is 0. The third-order valence-corrected chi connectivity index (χ3v) is 3.84. The van der Waals surface area contributed by atoms with E-state index in [0.717, 1.165) is 13.0 Å². The summed E-state index contributed by atoms with van der Waals surface area (Å²) < 4.78 is 23.5. The van der Waals surface area contributed by atoms with Crippen LogP contribution in [0.3, 0.4) is 0 Å². The average molecular weight is 206 g/mol. The SMILES string of the molecule is CN(CCC1CCCN1)S(C)(=O)=O. The van der Waals surface area contributed by atoms with Crippen LogP contribution >= 0.6 is 0 Å². The van der Waals surface area contributed by atoms with Gasteiger partial charge in [0.15, 0.2) is 0 Å². The van der Waals surface area contributed by atoms with Crippen LogP contribution in [-0.4, -0.2) is 45.2 Å². The summed E-state index contributed by atoms with van der Waals surface area (Å²) in [6, 6.07) is 0.518. The van der Waals surface area contributed by atoms with E-state index in [9.17, 15) is 8.42 Å². The summed E-state index contributed by atoms with van der Waals surface area (Å²) in [6.07, 6.45) is 4.56. The molecule has 1 aliphatic heterocycles. The predicted molar refractivity (Wildman–Crippen MR) is 53.1 cm³/mol. The largest absolute Gasteiger partial charge is 0.314 e. The standard InChI is InChI=1S/C8H18N2O2S/c1-10(13(2,11)12)7-5-8-4-3-6-9-8/h8-9H,3-7H2,1-2H3. The minimum atomic E-state index is -2.99. The lowest BCUT2D eigenvalue weighted by atomic mass is 10.2. The minimum Gasteiger partial charge on any atom is -0.314 e. The van der Waals surface area contributed by atoms with Gasteiger partial charge in [0, 0.05) is 19.6 Å². The van der Waals surface area contributed by atoms with Crippen LogP contribution in [-0.2, 0) is 10.0 Å². The van der Waals surface area contributed by atoms with Crippen LogP contribution in [0.1, 0.15) is 19.3 Å². The lowest BCUT2D eigenvalue weighted by molar-refractivity contribution is 0.431. The van der Waals surface area contributed by atoms with Crippen molar-refractivity contribution in [2.24, 2.45) is 0 Å². The van der Waals surface area contributed by atoms with Crippen LogP contribution in [0, 0.1) is 0 Å². The Bertz CT molecular complexity index is 245. The second-order valence-electron chi connectivity index (χ2n) is 3.67. The van der Waals surface area contributed by atoms with Gasteiger partial charge in [-0.15, -0.1) is 0 Å². The lowest BCUT2D eigenvalue weighted by Gasteiger charge is -2.16. The van der Waals surface area contributed by atoms with Crippen LogP contribution in [0.25, 0.3) is 0 Å². The molecule has 1 rings (SSSR count). The number of sulfonamides is 1. The van der Waals surface area contributed by atoms with Crippen LogP contribution in [0.5, 0.6) is 0 Å².